The van der Waals surface area contributed by atoms with E-state index < -0.39 is 22.3 Å². The monoisotopic (exact) mass is 371 g/mol. The number of hydrogen-bond donors (Lipinski definition) is 0. The molecule has 1 fully saturated rings. The number of benzene rings is 1. The third-order valence-corrected chi connectivity index (χ3v) is 5.52. The lowest BCUT2D eigenvalue weighted by molar-refractivity contribution is 0.104. The van der Waals surface area contributed by atoms with Crippen molar-refractivity contribution in [2.24, 2.45) is 0 Å². The first-order valence-electron chi connectivity index (χ1n) is 7.57. The molecule has 3 rings (SSSR count). The molecule has 1 aliphatic heterocycles. The van der Waals surface area contributed by atoms with Crippen molar-refractivity contribution in [1.82, 2.24) is 13.6 Å². The molecule has 1 amide bonds. The van der Waals surface area contributed by atoms with Gasteiger partial charge in [0.25, 0.3) is 10.1 Å². The fourth-order valence-electron chi connectivity index (χ4n) is 2.41. The van der Waals surface area contributed by atoms with E-state index in [4.69, 9.17) is 8.92 Å². The van der Waals surface area contributed by atoms with Crippen LogP contribution < -0.4 is 0 Å². The van der Waals surface area contributed by atoms with Crippen molar-refractivity contribution >= 4 is 39.0 Å². The van der Waals surface area contributed by atoms with Crippen LogP contribution in [0.5, 0.6) is 0 Å². The minimum atomic E-state index is -4.00. The van der Waals surface area contributed by atoms with E-state index in [9.17, 15) is 13.2 Å². The van der Waals surface area contributed by atoms with Gasteiger partial charge in [0.2, 0.25) is 0 Å². The number of rotatable bonds is 7. The summed E-state index contributed by atoms with van der Waals surface area (Å²) in [5.74, 6) is 0. The second-order valence-electron chi connectivity index (χ2n) is 5.43. The Morgan fingerprint density at radius 3 is 3.04 bits per heavy atom. The lowest BCUT2D eigenvalue weighted by Gasteiger charge is -2.12. The summed E-state index contributed by atoms with van der Waals surface area (Å²) in [5.41, 5.74) is 0.790. The van der Waals surface area contributed by atoms with Crippen molar-refractivity contribution in [3.63, 3.8) is 0 Å². The molecule has 0 bridgehead atoms. The van der Waals surface area contributed by atoms with Gasteiger partial charge in [-0.15, -0.1) is 0 Å². The molecule has 0 N–H and O–H groups in total. The number of aromatic nitrogens is 2. The Hall–Kier alpha value is -1.78. The SMILES string of the molecule is CCCCN1CC(COS(=O)(=O)c2cccc3nsnc23)OC1=O. The highest BCUT2D eigenvalue weighted by atomic mass is 32.2. The van der Waals surface area contributed by atoms with Crippen molar-refractivity contribution in [1.29, 1.82) is 0 Å². The smallest absolute Gasteiger partial charge is 0.410 e. The number of ether oxygens (including phenoxy) is 1. The molecule has 1 aromatic carbocycles. The molecule has 10 heteroatoms. The molecule has 1 unspecified atom stereocenters. The van der Waals surface area contributed by atoms with E-state index in [2.05, 4.69) is 8.75 Å². The Balaban J connectivity index is 1.66. The van der Waals surface area contributed by atoms with Crippen molar-refractivity contribution in [2.75, 3.05) is 19.7 Å². The maximum atomic E-state index is 12.4. The summed E-state index contributed by atoms with van der Waals surface area (Å²) in [5, 5.41) is 0. The van der Waals surface area contributed by atoms with Gasteiger partial charge in [0.15, 0.2) is 0 Å². The molecule has 1 aromatic heterocycles. The van der Waals surface area contributed by atoms with Gasteiger partial charge in [0, 0.05) is 6.54 Å². The van der Waals surface area contributed by atoms with Crippen molar-refractivity contribution in [2.45, 2.75) is 30.8 Å². The summed E-state index contributed by atoms with van der Waals surface area (Å²) in [7, 11) is -4.00. The summed E-state index contributed by atoms with van der Waals surface area (Å²) in [4.78, 5) is 13.2. The molecule has 2 aromatic rings. The minimum Gasteiger partial charge on any atom is -0.442 e. The molecule has 0 aliphatic carbocycles. The van der Waals surface area contributed by atoms with Gasteiger partial charge in [-0.2, -0.15) is 17.2 Å². The van der Waals surface area contributed by atoms with E-state index in [-0.39, 0.29) is 17.0 Å². The fourth-order valence-corrected chi connectivity index (χ4v) is 4.10. The van der Waals surface area contributed by atoms with Crippen LogP contribution in [0.4, 0.5) is 4.79 Å². The second-order valence-corrected chi connectivity index (χ2v) is 7.54. The Morgan fingerprint density at radius 1 is 1.42 bits per heavy atom. The molecular formula is C14H17N3O5S2. The summed E-state index contributed by atoms with van der Waals surface area (Å²) in [6.07, 6.45) is 0.808. The number of carbonyl (C=O) groups excluding carboxylic acids is 1. The summed E-state index contributed by atoms with van der Waals surface area (Å²) < 4.78 is 43.0. The molecule has 1 atom stereocenters. The molecule has 1 aliphatic rings. The molecule has 24 heavy (non-hydrogen) atoms. The molecule has 1 saturated heterocycles. The third-order valence-electron chi connectivity index (χ3n) is 3.66. The molecule has 8 nitrogen and oxygen atoms in total. The van der Waals surface area contributed by atoms with Gasteiger partial charge < -0.3 is 9.64 Å². The van der Waals surface area contributed by atoms with Gasteiger partial charge in [-0.1, -0.05) is 19.4 Å². The van der Waals surface area contributed by atoms with Gasteiger partial charge in [0.1, 0.15) is 28.6 Å². The lowest BCUT2D eigenvalue weighted by Crippen LogP contribution is -2.27. The molecule has 0 saturated carbocycles. The van der Waals surface area contributed by atoms with Crippen LogP contribution in [0.15, 0.2) is 23.1 Å². The minimum absolute atomic E-state index is 0.0269. The highest BCUT2D eigenvalue weighted by Gasteiger charge is 2.32. The second kappa shape index (κ2) is 6.99. The van der Waals surface area contributed by atoms with Crippen LogP contribution in [0.1, 0.15) is 19.8 Å². The Kier molecular flexibility index (Phi) is 4.97. The zero-order chi connectivity index (χ0) is 17.2. The number of carbonyl (C=O) groups is 1. The Morgan fingerprint density at radius 2 is 2.25 bits per heavy atom. The van der Waals surface area contributed by atoms with Crippen LogP contribution in [-0.4, -0.2) is 54.0 Å². The first kappa shape index (κ1) is 17.1. The highest BCUT2D eigenvalue weighted by molar-refractivity contribution is 7.87. The number of cyclic esters (lactones) is 1. The van der Waals surface area contributed by atoms with E-state index in [0.29, 0.717) is 18.6 Å². The summed E-state index contributed by atoms with van der Waals surface area (Å²) >= 11 is 0.939. The van der Waals surface area contributed by atoms with Crippen molar-refractivity contribution in [3.8, 4) is 0 Å². The van der Waals surface area contributed by atoms with E-state index in [1.165, 1.54) is 6.07 Å². The summed E-state index contributed by atoms with van der Waals surface area (Å²) in [6, 6.07) is 4.69. The number of nitrogens with zero attached hydrogens (tertiary/aromatic N) is 3. The maximum absolute atomic E-state index is 12.4. The summed E-state index contributed by atoms with van der Waals surface area (Å²) in [6.45, 7) is 2.74. The topological polar surface area (TPSA) is 98.7 Å². The van der Waals surface area contributed by atoms with E-state index in [0.717, 1.165) is 24.6 Å². The predicted octanol–water partition coefficient (Wildman–Crippen LogP) is 2.02. The third kappa shape index (κ3) is 3.50. The fraction of sp³-hybridized carbons (Fsp3) is 0.500. The van der Waals surface area contributed by atoms with Gasteiger partial charge in [-0.3, -0.25) is 4.18 Å². The first-order chi connectivity index (χ1) is 11.5. The largest absolute Gasteiger partial charge is 0.442 e. The van der Waals surface area contributed by atoms with Crippen LogP contribution in [0, 0.1) is 0 Å². The zero-order valence-corrected chi connectivity index (χ0v) is 14.7. The predicted molar refractivity (Wildman–Crippen MR) is 87.3 cm³/mol. The Bertz CT molecular complexity index is 836. The standard InChI is InChI=1S/C14H17N3O5S2/c1-2-3-7-17-8-10(22-14(17)18)9-21-24(19,20)12-6-4-5-11-13(12)16-23-15-11/h4-6,10H,2-3,7-9H2,1H3. The highest BCUT2D eigenvalue weighted by Crippen LogP contribution is 2.23. The van der Waals surface area contributed by atoms with Gasteiger partial charge in [0.05, 0.1) is 18.3 Å². The van der Waals surface area contributed by atoms with Crippen molar-refractivity contribution in [3.05, 3.63) is 18.2 Å². The van der Waals surface area contributed by atoms with Gasteiger partial charge >= 0.3 is 6.09 Å². The van der Waals surface area contributed by atoms with Crippen molar-refractivity contribution < 1.29 is 22.1 Å². The molecule has 0 radical (unpaired) electrons. The maximum Gasteiger partial charge on any atom is 0.410 e. The Labute approximate surface area is 143 Å². The number of amides is 1. The average Bonchev–Trinajstić information content (AvgIpc) is 3.17. The zero-order valence-electron chi connectivity index (χ0n) is 13.0. The lowest BCUT2D eigenvalue weighted by atomic mass is 10.3. The normalized spacial score (nSPS) is 18.3. The molecular weight excluding hydrogens is 354 g/mol. The molecule has 0 spiro atoms. The van der Waals surface area contributed by atoms with Gasteiger partial charge in [-0.05, 0) is 18.6 Å². The molecule has 130 valence electrons. The number of unbranched alkanes of at least 4 members (excludes halogenated alkanes) is 1. The van der Waals surface area contributed by atoms with Crippen LogP contribution in [0.2, 0.25) is 0 Å². The number of hydrogen-bond acceptors (Lipinski definition) is 8. The van der Waals surface area contributed by atoms with E-state index in [1.54, 1.807) is 17.0 Å². The average molecular weight is 371 g/mol. The van der Waals surface area contributed by atoms with Crippen LogP contribution in [-0.2, 0) is 19.0 Å². The van der Waals surface area contributed by atoms with E-state index in [1.807, 2.05) is 6.92 Å². The van der Waals surface area contributed by atoms with Gasteiger partial charge in [-0.25, -0.2) is 4.79 Å². The quantitative estimate of drug-likeness (QED) is 0.687. The first-order valence-corrected chi connectivity index (χ1v) is 9.71. The van der Waals surface area contributed by atoms with Crippen LogP contribution >= 0.6 is 11.7 Å². The van der Waals surface area contributed by atoms with E-state index >= 15 is 0 Å². The van der Waals surface area contributed by atoms with Crippen LogP contribution in [0.3, 0.4) is 0 Å². The number of fused-ring (bicyclic) bond motifs is 1. The molecule has 2 heterocycles. The van der Waals surface area contributed by atoms with Crippen LogP contribution in [0.25, 0.3) is 11.0 Å².